The number of hydrogen-bond acceptors (Lipinski definition) is 2. The molecule has 2 rings (SSSR count). The van der Waals surface area contributed by atoms with E-state index in [2.05, 4.69) is 67.8 Å². The lowest BCUT2D eigenvalue weighted by Gasteiger charge is -2.02. The molecule has 2 heteroatoms. The number of anilines is 2. The van der Waals surface area contributed by atoms with Crippen molar-refractivity contribution in [2.75, 3.05) is 24.2 Å². The Morgan fingerprint density at radius 1 is 0.842 bits per heavy atom. The molecule has 2 aromatic carbocycles. The van der Waals surface area contributed by atoms with E-state index < -0.39 is 0 Å². The van der Waals surface area contributed by atoms with Gasteiger partial charge in [0.1, 0.15) is 0 Å². The molecule has 0 aliphatic carbocycles. The standard InChI is InChI=1S/C9H13N.C8H11N/c1-3-10-9-6-4-5-8(2)7-9;1-7-4-3-5-8(6-7)9-2/h4-7,10H,3H2,1-2H3;3-6,9H,1-2H3. The maximum atomic E-state index is 3.25. The fourth-order valence-corrected chi connectivity index (χ4v) is 1.76. The maximum absolute atomic E-state index is 3.25. The van der Waals surface area contributed by atoms with Gasteiger partial charge in [-0.25, -0.2) is 0 Å². The lowest BCUT2D eigenvalue weighted by molar-refractivity contribution is 1.21. The number of nitrogens with one attached hydrogen (secondary N) is 2. The van der Waals surface area contributed by atoms with Crippen LogP contribution in [0.4, 0.5) is 11.4 Å². The van der Waals surface area contributed by atoms with Gasteiger partial charge in [-0.1, -0.05) is 24.3 Å². The molecule has 0 unspecified atom stereocenters. The van der Waals surface area contributed by atoms with Crippen molar-refractivity contribution in [1.29, 1.82) is 0 Å². The molecule has 0 aliphatic rings. The van der Waals surface area contributed by atoms with Gasteiger partial charge in [0.15, 0.2) is 0 Å². The molecule has 0 aliphatic heterocycles. The van der Waals surface area contributed by atoms with E-state index in [-0.39, 0.29) is 0 Å². The van der Waals surface area contributed by atoms with Crippen molar-refractivity contribution in [3.8, 4) is 0 Å². The first-order valence-corrected chi connectivity index (χ1v) is 6.70. The van der Waals surface area contributed by atoms with E-state index in [1.54, 1.807) is 0 Å². The van der Waals surface area contributed by atoms with Crippen LogP contribution in [0.15, 0.2) is 48.5 Å². The van der Waals surface area contributed by atoms with Crippen LogP contribution >= 0.6 is 0 Å². The quantitative estimate of drug-likeness (QED) is 0.847. The van der Waals surface area contributed by atoms with E-state index >= 15 is 0 Å². The van der Waals surface area contributed by atoms with Crippen LogP contribution in [-0.4, -0.2) is 13.6 Å². The first-order valence-electron chi connectivity index (χ1n) is 6.70. The highest BCUT2D eigenvalue weighted by Crippen LogP contribution is 2.08. The van der Waals surface area contributed by atoms with Crippen LogP contribution in [0.1, 0.15) is 18.1 Å². The van der Waals surface area contributed by atoms with Gasteiger partial charge in [0.25, 0.3) is 0 Å². The average molecular weight is 256 g/mol. The summed E-state index contributed by atoms with van der Waals surface area (Å²) in [6.45, 7) is 7.27. The molecule has 2 aromatic rings. The van der Waals surface area contributed by atoms with E-state index in [1.807, 2.05) is 19.2 Å². The van der Waals surface area contributed by atoms with Gasteiger partial charge in [-0.15, -0.1) is 0 Å². The van der Waals surface area contributed by atoms with Gasteiger partial charge >= 0.3 is 0 Å². The third-order valence-electron chi connectivity index (χ3n) is 2.71. The van der Waals surface area contributed by atoms with E-state index in [9.17, 15) is 0 Å². The minimum atomic E-state index is 0.990. The van der Waals surface area contributed by atoms with Crippen LogP contribution in [0, 0.1) is 13.8 Å². The molecule has 0 saturated carbocycles. The zero-order valence-electron chi connectivity index (χ0n) is 12.3. The number of benzene rings is 2. The van der Waals surface area contributed by atoms with Crippen molar-refractivity contribution in [2.45, 2.75) is 20.8 Å². The van der Waals surface area contributed by atoms with Crippen molar-refractivity contribution in [3.05, 3.63) is 59.7 Å². The second kappa shape index (κ2) is 8.20. The molecule has 102 valence electrons. The first kappa shape index (κ1) is 15.1. The Kier molecular flexibility index (Phi) is 6.51. The third kappa shape index (κ3) is 5.96. The Bertz CT molecular complexity index is 492. The lowest BCUT2D eigenvalue weighted by Crippen LogP contribution is -1.95. The summed E-state index contributed by atoms with van der Waals surface area (Å²) >= 11 is 0. The number of hydrogen-bond donors (Lipinski definition) is 2. The summed E-state index contributed by atoms with van der Waals surface area (Å²) in [5.74, 6) is 0. The van der Waals surface area contributed by atoms with Crippen molar-refractivity contribution in [3.63, 3.8) is 0 Å². The molecule has 2 nitrogen and oxygen atoms in total. The molecule has 0 atom stereocenters. The van der Waals surface area contributed by atoms with Crippen molar-refractivity contribution < 1.29 is 0 Å². The Balaban J connectivity index is 0.000000191. The number of aryl methyl sites for hydroxylation is 2. The average Bonchev–Trinajstić information content (AvgIpc) is 2.40. The lowest BCUT2D eigenvalue weighted by atomic mass is 10.2. The van der Waals surface area contributed by atoms with E-state index in [4.69, 9.17) is 0 Å². The van der Waals surface area contributed by atoms with Crippen LogP contribution in [0.5, 0.6) is 0 Å². The summed E-state index contributed by atoms with van der Waals surface area (Å²) in [6.07, 6.45) is 0. The Hall–Kier alpha value is -1.96. The fourth-order valence-electron chi connectivity index (χ4n) is 1.76. The van der Waals surface area contributed by atoms with Gasteiger partial charge in [-0.3, -0.25) is 0 Å². The highest BCUT2D eigenvalue weighted by molar-refractivity contribution is 5.45. The van der Waals surface area contributed by atoms with Gasteiger partial charge in [0.2, 0.25) is 0 Å². The minimum Gasteiger partial charge on any atom is -0.388 e. The van der Waals surface area contributed by atoms with Crippen molar-refractivity contribution in [2.24, 2.45) is 0 Å². The van der Waals surface area contributed by atoms with Gasteiger partial charge in [0.05, 0.1) is 0 Å². The van der Waals surface area contributed by atoms with Gasteiger partial charge in [-0.05, 0) is 56.2 Å². The molecule has 19 heavy (non-hydrogen) atoms. The molecule has 0 saturated heterocycles. The fraction of sp³-hybridized carbons (Fsp3) is 0.294. The van der Waals surface area contributed by atoms with Crippen LogP contribution in [-0.2, 0) is 0 Å². The van der Waals surface area contributed by atoms with E-state index in [0.29, 0.717) is 0 Å². The predicted octanol–water partition coefficient (Wildman–Crippen LogP) is 4.46. The van der Waals surface area contributed by atoms with Crippen LogP contribution in [0.25, 0.3) is 0 Å². The molecule has 0 heterocycles. The minimum absolute atomic E-state index is 0.990. The highest BCUT2D eigenvalue weighted by Gasteiger charge is 1.87. The van der Waals surface area contributed by atoms with Gasteiger partial charge in [0, 0.05) is 25.0 Å². The maximum Gasteiger partial charge on any atom is 0.0342 e. The SMILES string of the molecule is CCNc1cccc(C)c1.CNc1cccc(C)c1. The molecule has 0 bridgehead atoms. The molecular formula is C17H24N2. The molecule has 0 fully saturated rings. The second-order valence-corrected chi connectivity index (χ2v) is 4.52. The van der Waals surface area contributed by atoms with E-state index in [0.717, 1.165) is 6.54 Å². The molecule has 0 amide bonds. The highest BCUT2D eigenvalue weighted by atomic mass is 14.8. The van der Waals surface area contributed by atoms with Crippen LogP contribution < -0.4 is 10.6 Å². The smallest absolute Gasteiger partial charge is 0.0342 e. The third-order valence-corrected chi connectivity index (χ3v) is 2.71. The second-order valence-electron chi connectivity index (χ2n) is 4.52. The summed E-state index contributed by atoms with van der Waals surface area (Å²) in [6, 6.07) is 16.7. The largest absolute Gasteiger partial charge is 0.388 e. The monoisotopic (exact) mass is 256 g/mol. The summed E-state index contributed by atoms with van der Waals surface area (Å²) in [7, 11) is 1.93. The molecule has 0 radical (unpaired) electrons. The van der Waals surface area contributed by atoms with E-state index in [1.165, 1.54) is 22.5 Å². The first-order chi connectivity index (χ1) is 9.15. The predicted molar refractivity (Wildman–Crippen MR) is 86.1 cm³/mol. The van der Waals surface area contributed by atoms with Crippen molar-refractivity contribution >= 4 is 11.4 Å². The Morgan fingerprint density at radius 3 is 1.79 bits per heavy atom. The normalized spacial score (nSPS) is 9.26. The molecule has 2 N–H and O–H groups in total. The van der Waals surface area contributed by atoms with Gasteiger partial charge < -0.3 is 10.6 Å². The summed E-state index contributed by atoms with van der Waals surface area (Å²) in [5.41, 5.74) is 4.98. The molecule has 0 spiro atoms. The van der Waals surface area contributed by atoms with Crippen LogP contribution in [0.3, 0.4) is 0 Å². The summed E-state index contributed by atoms with van der Waals surface area (Å²) in [4.78, 5) is 0. The van der Waals surface area contributed by atoms with Gasteiger partial charge in [-0.2, -0.15) is 0 Å². The van der Waals surface area contributed by atoms with Crippen molar-refractivity contribution in [1.82, 2.24) is 0 Å². The summed E-state index contributed by atoms with van der Waals surface area (Å²) < 4.78 is 0. The Labute approximate surface area is 116 Å². The topological polar surface area (TPSA) is 24.1 Å². The molecular weight excluding hydrogens is 232 g/mol. The Morgan fingerprint density at radius 2 is 1.37 bits per heavy atom. The number of rotatable bonds is 3. The zero-order chi connectivity index (χ0) is 14.1. The van der Waals surface area contributed by atoms with Crippen LogP contribution in [0.2, 0.25) is 0 Å². The summed E-state index contributed by atoms with van der Waals surface area (Å²) in [5, 5.41) is 6.32. The molecule has 0 aromatic heterocycles. The zero-order valence-corrected chi connectivity index (χ0v) is 12.3.